The molecule has 134 valence electrons. The Labute approximate surface area is 153 Å². The lowest BCUT2D eigenvalue weighted by Gasteiger charge is -2.47. The van der Waals surface area contributed by atoms with Crippen molar-refractivity contribution < 1.29 is 9.16 Å². The predicted molar refractivity (Wildman–Crippen MR) is 105 cm³/mol. The summed E-state index contributed by atoms with van der Waals surface area (Å²) in [5.74, 6) is 3.55. The molecule has 1 saturated carbocycles. The van der Waals surface area contributed by atoms with Gasteiger partial charge < -0.3 is 9.16 Å². The monoisotopic (exact) mass is 354 g/mol. The molecule has 4 rings (SSSR count). The van der Waals surface area contributed by atoms with Crippen molar-refractivity contribution >= 4 is 8.32 Å². The molecule has 3 atom stereocenters. The van der Waals surface area contributed by atoms with E-state index in [2.05, 4.69) is 56.9 Å². The predicted octanol–water partition coefficient (Wildman–Crippen LogP) is 5.82. The van der Waals surface area contributed by atoms with Crippen LogP contribution in [0.15, 0.2) is 41.7 Å². The molecule has 3 aliphatic carbocycles. The zero-order valence-electron chi connectivity index (χ0n) is 16.2. The van der Waals surface area contributed by atoms with Crippen LogP contribution in [0.5, 0.6) is 5.75 Å². The summed E-state index contributed by atoms with van der Waals surface area (Å²) in [7, 11) is 0.186. The van der Waals surface area contributed by atoms with Gasteiger partial charge in [0.2, 0.25) is 8.32 Å². The van der Waals surface area contributed by atoms with Crippen molar-refractivity contribution in [1.82, 2.24) is 0 Å². The highest BCUT2D eigenvalue weighted by Crippen LogP contribution is 2.59. The summed E-state index contributed by atoms with van der Waals surface area (Å²) in [5.41, 5.74) is 4.80. The van der Waals surface area contributed by atoms with E-state index in [4.69, 9.17) is 9.16 Å². The molecule has 0 radical (unpaired) electrons. The molecular weight excluding hydrogens is 324 g/mol. The van der Waals surface area contributed by atoms with E-state index in [1.807, 2.05) is 0 Å². The Morgan fingerprint density at radius 3 is 2.60 bits per heavy atom. The minimum atomic E-state index is -1.57. The number of rotatable bonds is 3. The highest BCUT2D eigenvalue weighted by atomic mass is 28.4. The maximum absolute atomic E-state index is 6.48. The number of benzene rings is 1. The van der Waals surface area contributed by atoms with Crippen LogP contribution in [0.25, 0.3) is 0 Å². The first kappa shape index (κ1) is 17.0. The van der Waals surface area contributed by atoms with Crippen LogP contribution in [-0.2, 0) is 10.8 Å². The Morgan fingerprint density at radius 1 is 1.08 bits per heavy atom. The molecule has 0 spiro atoms. The SMILES string of the molecule is COc1ccc2c(c1)CC[C@H]1C3=CC=C(O[Si](C)(C)C)[C@@]3(C)CC[C@H]21. The third-order valence-corrected chi connectivity index (χ3v) is 7.16. The van der Waals surface area contributed by atoms with Gasteiger partial charge in [0.1, 0.15) is 5.75 Å². The number of allylic oxidation sites excluding steroid dienone is 3. The topological polar surface area (TPSA) is 18.5 Å². The van der Waals surface area contributed by atoms with Crippen molar-refractivity contribution in [2.75, 3.05) is 7.11 Å². The van der Waals surface area contributed by atoms with Crippen LogP contribution < -0.4 is 4.74 Å². The van der Waals surface area contributed by atoms with Crippen LogP contribution >= 0.6 is 0 Å². The van der Waals surface area contributed by atoms with E-state index >= 15 is 0 Å². The molecule has 2 nitrogen and oxygen atoms in total. The van der Waals surface area contributed by atoms with E-state index in [-0.39, 0.29) is 5.41 Å². The van der Waals surface area contributed by atoms with E-state index in [0.717, 1.165) is 12.2 Å². The second-order valence-electron chi connectivity index (χ2n) is 9.05. The molecule has 1 aromatic rings. The number of fused-ring (bicyclic) bond motifs is 5. The third-order valence-electron chi connectivity index (χ3n) is 6.33. The van der Waals surface area contributed by atoms with E-state index in [9.17, 15) is 0 Å². The summed E-state index contributed by atoms with van der Waals surface area (Å²) in [4.78, 5) is 0. The molecule has 0 aliphatic heterocycles. The average Bonchev–Trinajstić information content (AvgIpc) is 2.89. The molecule has 1 aromatic carbocycles. The summed E-state index contributed by atoms with van der Waals surface area (Å²) in [5, 5.41) is 0. The molecule has 3 heteroatoms. The van der Waals surface area contributed by atoms with Gasteiger partial charge >= 0.3 is 0 Å². The Bertz CT molecular complexity index is 756. The van der Waals surface area contributed by atoms with Crippen molar-refractivity contribution in [2.45, 2.75) is 58.2 Å². The third kappa shape index (κ3) is 2.77. The normalized spacial score (nSPS) is 30.6. The molecule has 0 amide bonds. The molecule has 0 N–H and O–H groups in total. The Morgan fingerprint density at radius 2 is 1.88 bits per heavy atom. The van der Waals surface area contributed by atoms with E-state index in [1.54, 1.807) is 18.2 Å². The van der Waals surface area contributed by atoms with Crippen LogP contribution in [0.4, 0.5) is 0 Å². The fourth-order valence-corrected chi connectivity index (χ4v) is 6.09. The zero-order chi connectivity index (χ0) is 17.8. The maximum atomic E-state index is 6.48. The lowest BCUT2D eigenvalue weighted by molar-refractivity contribution is 0.196. The molecule has 0 unspecified atom stereocenters. The molecule has 0 heterocycles. The van der Waals surface area contributed by atoms with E-state index in [1.165, 1.54) is 30.6 Å². The van der Waals surface area contributed by atoms with Gasteiger partial charge in [0, 0.05) is 5.41 Å². The van der Waals surface area contributed by atoms with Crippen LogP contribution in [0.2, 0.25) is 19.6 Å². The van der Waals surface area contributed by atoms with Crippen molar-refractivity contribution in [2.24, 2.45) is 11.3 Å². The molecule has 0 bridgehead atoms. The largest absolute Gasteiger partial charge is 0.547 e. The highest BCUT2D eigenvalue weighted by molar-refractivity contribution is 6.70. The number of ether oxygens (including phenoxy) is 1. The quantitative estimate of drug-likeness (QED) is 0.637. The van der Waals surface area contributed by atoms with Crippen molar-refractivity contribution in [1.29, 1.82) is 0 Å². The van der Waals surface area contributed by atoms with Gasteiger partial charge in [0.25, 0.3) is 0 Å². The fourth-order valence-electron chi connectivity index (χ4n) is 5.14. The number of methoxy groups -OCH3 is 1. The summed E-state index contributed by atoms with van der Waals surface area (Å²) < 4.78 is 11.9. The van der Waals surface area contributed by atoms with Crippen molar-refractivity contribution in [3.05, 3.63) is 52.8 Å². The van der Waals surface area contributed by atoms with Gasteiger partial charge in [-0.05, 0) is 93.4 Å². The molecule has 25 heavy (non-hydrogen) atoms. The summed E-state index contributed by atoms with van der Waals surface area (Å²) in [6.45, 7) is 9.26. The first-order valence-corrected chi connectivity index (χ1v) is 13.0. The second kappa shape index (κ2) is 5.77. The van der Waals surface area contributed by atoms with E-state index in [0.29, 0.717) is 11.8 Å². The Kier molecular flexibility index (Phi) is 3.91. The van der Waals surface area contributed by atoms with Crippen molar-refractivity contribution in [3.8, 4) is 5.75 Å². The zero-order valence-corrected chi connectivity index (χ0v) is 17.2. The smallest absolute Gasteiger partial charge is 0.241 e. The first-order valence-electron chi connectivity index (χ1n) is 9.60. The Hall–Kier alpha value is -1.48. The van der Waals surface area contributed by atoms with Crippen LogP contribution in [0, 0.1) is 11.3 Å². The van der Waals surface area contributed by atoms with Crippen LogP contribution in [0.1, 0.15) is 43.2 Å². The fraction of sp³-hybridized carbons (Fsp3) is 0.545. The van der Waals surface area contributed by atoms with Crippen molar-refractivity contribution in [3.63, 3.8) is 0 Å². The standard InChI is InChI=1S/C22H30O2Si/c1-22-13-12-18-17-9-7-16(23-2)14-15(17)6-8-19(18)20(22)10-11-21(22)24-25(3,4)5/h7,9-11,14,18-19H,6,8,12-13H2,1-5H3/t18-,19-,22+/m1/s1. The minimum absolute atomic E-state index is 0.130. The van der Waals surface area contributed by atoms with Gasteiger partial charge in [-0.25, -0.2) is 0 Å². The van der Waals surface area contributed by atoms with Gasteiger partial charge in [0.15, 0.2) is 0 Å². The van der Waals surface area contributed by atoms with E-state index < -0.39 is 8.32 Å². The van der Waals surface area contributed by atoms with Gasteiger partial charge in [0.05, 0.1) is 12.9 Å². The van der Waals surface area contributed by atoms with Gasteiger partial charge in [-0.1, -0.05) is 17.7 Å². The Balaban J connectivity index is 1.63. The molecule has 3 aliphatic rings. The second-order valence-corrected chi connectivity index (χ2v) is 13.5. The summed E-state index contributed by atoms with van der Waals surface area (Å²) >= 11 is 0. The first-order chi connectivity index (χ1) is 11.8. The van der Waals surface area contributed by atoms with Crippen LogP contribution in [0.3, 0.4) is 0 Å². The number of hydrogen-bond donors (Lipinski definition) is 0. The number of aryl methyl sites for hydroxylation is 1. The van der Waals surface area contributed by atoms with Gasteiger partial charge in [-0.15, -0.1) is 0 Å². The molecular formula is C22H30O2Si. The minimum Gasteiger partial charge on any atom is -0.547 e. The van der Waals surface area contributed by atoms with Gasteiger partial charge in [-0.2, -0.15) is 0 Å². The average molecular weight is 355 g/mol. The molecule has 0 aromatic heterocycles. The summed E-state index contributed by atoms with van der Waals surface area (Å²) in [6, 6.07) is 6.70. The van der Waals surface area contributed by atoms with Crippen LogP contribution in [-0.4, -0.2) is 15.4 Å². The van der Waals surface area contributed by atoms with Gasteiger partial charge in [-0.3, -0.25) is 0 Å². The maximum Gasteiger partial charge on any atom is 0.241 e. The highest BCUT2D eigenvalue weighted by Gasteiger charge is 2.49. The number of hydrogen-bond acceptors (Lipinski definition) is 2. The lowest BCUT2D eigenvalue weighted by Crippen LogP contribution is -2.38. The molecule has 1 fully saturated rings. The molecule has 0 saturated heterocycles. The lowest BCUT2D eigenvalue weighted by atomic mass is 9.58. The summed E-state index contributed by atoms with van der Waals surface area (Å²) in [6.07, 6.45) is 9.53.